The molecule has 0 aliphatic carbocycles. The number of halogens is 1. The molecule has 0 bridgehead atoms. The number of hydrogen-bond acceptors (Lipinski definition) is 4. The molecule has 2 rings (SSSR count). The van der Waals surface area contributed by atoms with Gasteiger partial charge in [-0.05, 0) is 30.5 Å². The molecule has 0 unspecified atom stereocenters. The predicted octanol–water partition coefficient (Wildman–Crippen LogP) is 3.97. The summed E-state index contributed by atoms with van der Waals surface area (Å²) >= 11 is 7.31. The van der Waals surface area contributed by atoms with E-state index in [2.05, 4.69) is 0 Å². The summed E-state index contributed by atoms with van der Waals surface area (Å²) in [7, 11) is 0. The van der Waals surface area contributed by atoms with Crippen LogP contribution in [-0.2, 0) is 6.54 Å². The number of rotatable bonds is 5. The van der Waals surface area contributed by atoms with Crippen LogP contribution in [0.15, 0.2) is 35.7 Å². The van der Waals surface area contributed by atoms with Crippen LogP contribution in [0.3, 0.4) is 0 Å². The van der Waals surface area contributed by atoms with Crippen LogP contribution < -0.4 is 0 Å². The SMILES string of the molecule is CCN(Cc1cccs1)C(=O)c1ccc(Cl)cc1[N+](=O)[O-]. The van der Waals surface area contributed by atoms with E-state index in [9.17, 15) is 14.9 Å². The lowest BCUT2D eigenvalue weighted by molar-refractivity contribution is -0.385. The van der Waals surface area contributed by atoms with E-state index in [1.807, 2.05) is 24.4 Å². The van der Waals surface area contributed by atoms with E-state index in [1.165, 1.54) is 18.2 Å². The topological polar surface area (TPSA) is 63.5 Å². The highest BCUT2D eigenvalue weighted by Crippen LogP contribution is 2.25. The highest BCUT2D eigenvalue weighted by atomic mass is 35.5. The number of nitro groups is 1. The Hall–Kier alpha value is -1.92. The number of amides is 1. The van der Waals surface area contributed by atoms with Gasteiger partial charge in [0.25, 0.3) is 11.6 Å². The largest absolute Gasteiger partial charge is 0.334 e. The summed E-state index contributed by atoms with van der Waals surface area (Å²) in [5.74, 6) is -0.366. The lowest BCUT2D eigenvalue weighted by Crippen LogP contribution is -2.30. The average Bonchev–Trinajstić information content (AvgIpc) is 2.97. The van der Waals surface area contributed by atoms with Crippen molar-refractivity contribution in [3.05, 3.63) is 61.3 Å². The minimum atomic E-state index is -0.585. The summed E-state index contributed by atoms with van der Waals surface area (Å²) in [6, 6.07) is 7.92. The van der Waals surface area contributed by atoms with E-state index in [0.29, 0.717) is 13.1 Å². The Morgan fingerprint density at radius 2 is 2.19 bits per heavy atom. The van der Waals surface area contributed by atoms with Crippen molar-refractivity contribution < 1.29 is 9.72 Å². The Labute approximate surface area is 130 Å². The second kappa shape index (κ2) is 6.69. The maximum Gasteiger partial charge on any atom is 0.283 e. The molecular formula is C14H13ClN2O3S. The third kappa shape index (κ3) is 3.59. The minimum Gasteiger partial charge on any atom is -0.334 e. The molecule has 7 heteroatoms. The Morgan fingerprint density at radius 3 is 2.76 bits per heavy atom. The molecule has 0 aliphatic rings. The molecule has 0 aliphatic heterocycles. The molecule has 5 nitrogen and oxygen atoms in total. The van der Waals surface area contributed by atoms with Crippen LogP contribution in [0.2, 0.25) is 5.02 Å². The van der Waals surface area contributed by atoms with Gasteiger partial charge >= 0.3 is 0 Å². The van der Waals surface area contributed by atoms with Crippen molar-refractivity contribution in [3.63, 3.8) is 0 Å². The van der Waals surface area contributed by atoms with Crippen LogP contribution >= 0.6 is 22.9 Å². The number of nitro benzene ring substituents is 1. The van der Waals surface area contributed by atoms with Crippen molar-refractivity contribution in [1.29, 1.82) is 0 Å². The molecule has 110 valence electrons. The quantitative estimate of drug-likeness (QED) is 0.617. The normalized spacial score (nSPS) is 10.4. The average molecular weight is 325 g/mol. The lowest BCUT2D eigenvalue weighted by atomic mass is 10.1. The van der Waals surface area contributed by atoms with Crippen LogP contribution in [0.25, 0.3) is 0 Å². The van der Waals surface area contributed by atoms with Crippen LogP contribution in [0.5, 0.6) is 0 Å². The van der Waals surface area contributed by atoms with Gasteiger partial charge in [-0.2, -0.15) is 0 Å². The van der Waals surface area contributed by atoms with Crippen LogP contribution in [0.4, 0.5) is 5.69 Å². The first-order chi connectivity index (χ1) is 10.0. The number of benzene rings is 1. The molecule has 0 atom stereocenters. The maximum atomic E-state index is 12.5. The molecule has 0 fully saturated rings. The van der Waals surface area contributed by atoms with Gasteiger partial charge in [0.1, 0.15) is 5.56 Å². The Bertz CT molecular complexity index is 658. The lowest BCUT2D eigenvalue weighted by Gasteiger charge is -2.20. The first kappa shape index (κ1) is 15.5. The molecular weight excluding hydrogens is 312 g/mol. The second-order valence-corrected chi connectivity index (χ2v) is 5.79. The molecule has 0 saturated carbocycles. The fourth-order valence-electron chi connectivity index (χ4n) is 1.92. The zero-order valence-corrected chi connectivity index (χ0v) is 12.9. The second-order valence-electron chi connectivity index (χ2n) is 4.32. The molecule has 0 radical (unpaired) electrons. The van der Waals surface area contributed by atoms with Gasteiger partial charge < -0.3 is 4.90 Å². The molecule has 2 aromatic rings. The van der Waals surface area contributed by atoms with E-state index < -0.39 is 4.92 Å². The number of hydrogen-bond donors (Lipinski definition) is 0. The summed E-state index contributed by atoms with van der Waals surface area (Å²) in [6.07, 6.45) is 0. The fraction of sp³-hybridized carbons (Fsp3) is 0.214. The van der Waals surface area contributed by atoms with E-state index >= 15 is 0 Å². The van der Waals surface area contributed by atoms with Crippen molar-refractivity contribution >= 4 is 34.5 Å². The molecule has 1 aromatic carbocycles. The zero-order valence-electron chi connectivity index (χ0n) is 11.3. The summed E-state index contributed by atoms with van der Waals surface area (Å²) in [5, 5.41) is 13.2. The summed E-state index contributed by atoms with van der Waals surface area (Å²) < 4.78 is 0. The van der Waals surface area contributed by atoms with E-state index in [-0.39, 0.29) is 22.2 Å². The molecule has 1 amide bonds. The molecule has 0 spiro atoms. The monoisotopic (exact) mass is 324 g/mol. The Morgan fingerprint density at radius 1 is 1.43 bits per heavy atom. The number of thiophene rings is 1. The Balaban J connectivity index is 2.31. The van der Waals surface area contributed by atoms with Crippen molar-refractivity contribution in [2.24, 2.45) is 0 Å². The molecule has 1 aromatic heterocycles. The van der Waals surface area contributed by atoms with Crippen LogP contribution in [0, 0.1) is 10.1 Å². The van der Waals surface area contributed by atoms with Gasteiger partial charge in [-0.25, -0.2) is 0 Å². The van der Waals surface area contributed by atoms with Gasteiger partial charge in [-0.3, -0.25) is 14.9 Å². The standard InChI is InChI=1S/C14H13ClN2O3S/c1-2-16(9-11-4-3-7-21-11)14(18)12-6-5-10(15)8-13(12)17(19)20/h3-8H,2,9H2,1H3. The van der Waals surface area contributed by atoms with Crippen molar-refractivity contribution in [1.82, 2.24) is 4.90 Å². The Kier molecular flexibility index (Phi) is 4.93. The van der Waals surface area contributed by atoms with Gasteiger partial charge in [0.2, 0.25) is 0 Å². The third-order valence-electron chi connectivity index (χ3n) is 2.98. The summed E-state index contributed by atoms with van der Waals surface area (Å²) in [4.78, 5) is 25.6. The van der Waals surface area contributed by atoms with Crippen LogP contribution in [0.1, 0.15) is 22.2 Å². The van der Waals surface area contributed by atoms with Gasteiger partial charge in [-0.1, -0.05) is 17.7 Å². The van der Waals surface area contributed by atoms with Gasteiger partial charge in [0.15, 0.2) is 0 Å². The minimum absolute atomic E-state index is 0.0582. The van der Waals surface area contributed by atoms with Gasteiger partial charge in [-0.15, -0.1) is 11.3 Å². The fourth-order valence-corrected chi connectivity index (χ4v) is 2.81. The third-order valence-corrected chi connectivity index (χ3v) is 4.08. The number of nitrogens with zero attached hydrogens (tertiary/aromatic N) is 2. The van der Waals surface area contributed by atoms with Gasteiger partial charge in [0, 0.05) is 22.5 Å². The van der Waals surface area contributed by atoms with E-state index in [0.717, 1.165) is 4.88 Å². The number of carbonyl (C=O) groups is 1. The van der Waals surface area contributed by atoms with E-state index in [4.69, 9.17) is 11.6 Å². The van der Waals surface area contributed by atoms with Crippen molar-refractivity contribution in [2.45, 2.75) is 13.5 Å². The molecule has 0 N–H and O–H groups in total. The van der Waals surface area contributed by atoms with Gasteiger partial charge in [0.05, 0.1) is 11.5 Å². The van der Waals surface area contributed by atoms with Crippen molar-refractivity contribution in [3.8, 4) is 0 Å². The molecule has 21 heavy (non-hydrogen) atoms. The predicted molar refractivity (Wildman–Crippen MR) is 82.8 cm³/mol. The summed E-state index contributed by atoms with van der Waals surface area (Å²) in [5.41, 5.74) is -0.208. The maximum absolute atomic E-state index is 12.5. The zero-order chi connectivity index (χ0) is 15.4. The molecule has 1 heterocycles. The van der Waals surface area contributed by atoms with Crippen LogP contribution in [-0.4, -0.2) is 22.3 Å². The smallest absolute Gasteiger partial charge is 0.283 e. The molecule has 0 saturated heterocycles. The summed E-state index contributed by atoms with van der Waals surface area (Å²) in [6.45, 7) is 2.75. The first-order valence-corrected chi connectivity index (χ1v) is 7.54. The first-order valence-electron chi connectivity index (χ1n) is 6.28. The van der Waals surface area contributed by atoms with E-state index in [1.54, 1.807) is 16.2 Å². The van der Waals surface area contributed by atoms with Crippen molar-refractivity contribution in [2.75, 3.05) is 6.54 Å². The number of carbonyl (C=O) groups excluding carboxylic acids is 1. The highest BCUT2D eigenvalue weighted by Gasteiger charge is 2.24. The highest BCUT2D eigenvalue weighted by molar-refractivity contribution is 7.09.